The lowest BCUT2D eigenvalue weighted by Gasteiger charge is -2.35. The number of hydrogen-bond donors (Lipinski definition) is 1. The van der Waals surface area contributed by atoms with Crippen molar-refractivity contribution in [2.45, 2.75) is 45.1 Å². The van der Waals surface area contributed by atoms with Crippen LogP contribution in [0.15, 0.2) is 18.5 Å². The molecule has 1 fully saturated rings. The van der Waals surface area contributed by atoms with Crippen molar-refractivity contribution >= 4 is 5.78 Å². The van der Waals surface area contributed by atoms with Gasteiger partial charge in [-0.05, 0) is 37.3 Å². The highest BCUT2D eigenvalue weighted by atomic mass is 16.1. The first-order chi connectivity index (χ1) is 8.01. The van der Waals surface area contributed by atoms with Crippen molar-refractivity contribution in [3.63, 3.8) is 0 Å². The van der Waals surface area contributed by atoms with Gasteiger partial charge in [-0.2, -0.15) is 0 Å². The fraction of sp³-hybridized carbons (Fsp3) is 0.571. The van der Waals surface area contributed by atoms with Gasteiger partial charge in [0.25, 0.3) is 0 Å². The molecule has 2 rings (SSSR count). The summed E-state index contributed by atoms with van der Waals surface area (Å²) in [5.41, 5.74) is 7.28. The van der Waals surface area contributed by atoms with E-state index >= 15 is 0 Å². The van der Waals surface area contributed by atoms with Crippen molar-refractivity contribution in [3.05, 3.63) is 29.6 Å². The quantitative estimate of drug-likeness (QED) is 0.797. The molecule has 0 saturated heterocycles. The SMILES string of the molecule is Cc1cncc(C(=O)C2(N)CCCC(C)C2)c1. The molecular weight excluding hydrogens is 212 g/mol. The van der Waals surface area contributed by atoms with Gasteiger partial charge >= 0.3 is 0 Å². The van der Waals surface area contributed by atoms with Crippen LogP contribution in [0.4, 0.5) is 0 Å². The molecule has 0 spiro atoms. The summed E-state index contributed by atoms with van der Waals surface area (Å²) in [6.45, 7) is 4.11. The molecule has 3 heteroatoms. The van der Waals surface area contributed by atoms with Crippen LogP contribution in [-0.4, -0.2) is 16.3 Å². The highest BCUT2D eigenvalue weighted by Gasteiger charge is 2.38. The molecule has 0 bridgehead atoms. The van der Waals surface area contributed by atoms with Gasteiger partial charge in [0.1, 0.15) is 0 Å². The zero-order valence-corrected chi connectivity index (χ0v) is 10.6. The van der Waals surface area contributed by atoms with Gasteiger partial charge in [0.05, 0.1) is 5.54 Å². The van der Waals surface area contributed by atoms with E-state index in [1.54, 1.807) is 12.4 Å². The van der Waals surface area contributed by atoms with Gasteiger partial charge in [-0.3, -0.25) is 9.78 Å². The van der Waals surface area contributed by atoms with E-state index < -0.39 is 5.54 Å². The fourth-order valence-electron chi connectivity index (χ4n) is 2.76. The number of Topliss-reactive ketones (excluding diaryl/α,β-unsaturated/α-hetero) is 1. The maximum Gasteiger partial charge on any atom is 0.184 e. The van der Waals surface area contributed by atoms with E-state index in [4.69, 9.17) is 5.73 Å². The molecule has 0 aromatic carbocycles. The standard InChI is InChI=1S/C14H20N2O/c1-10-4-3-5-14(15,7-10)13(17)12-6-11(2)8-16-9-12/h6,8-10H,3-5,7,15H2,1-2H3. The van der Waals surface area contributed by atoms with Gasteiger partial charge in [-0.15, -0.1) is 0 Å². The normalized spacial score (nSPS) is 29.0. The number of nitrogens with zero attached hydrogens (tertiary/aromatic N) is 1. The van der Waals surface area contributed by atoms with Crippen LogP contribution in [0, 0.1) is 12.8 Å². The van der Waals surface area contributed by atoms with E-state index in [-0.39, 0.29) is 5.78 Å². The second-order valence-corrected chi connectivity index (χ2v) is 5.44. The number of carbonyl (C=O) groups is 1. The second-order valence-electron chi connectivity index (χ2n) is 5.44. The fourth-order valence-corrected chi connectivity index (χ4v) is 2.76. The lowest BCUT2D eigenvalue weighted by molar-refractivity contribution is 0.0819. The Kier molecular flexibility index (Phi) is 3.29. The highest BCUT2D eigenvalue weighted by Crippen LogP contribution is 2.32. The summed E-state index contributed by atoms with van der Waals surface area (Å²) in [6.07, 6.45) is 7.19. The van der Waals surface area contributed by atoms with Gasteiger partial charge < -0.3 is 5.73 Å². The zero-order chi connectivity index (χ0) is 12.5. The molecule has 1 heterocycles. The van der Waals surface area contributed by atoms with Gasteiger partial charge in [0.2, 0.25) is 0 Å². The molecular formula is C14H20N2O. The molecule has 2 unspecified atom stereocenters. The summed E-state index contributed by atoms with van der Waals surface area (Å²) in [7, 11) is 0. The van der Waals surface area contributed by atoms with Gasteiger partial charge in [-0.1, -0.05) is 19.8 Å². The van der Waals surface area contributed by atoms with Crippen LogP contribution in [0.5, 0.6) is 0 Å². The third-order valence-electron chi connectivity index (χ3n) is 3.62. The Morgan fingerprint density at radius 2 is 2.29 bits per heavy atom. The average molecular weight is 232 g/mol. The number of ketones is 1. The van der Waals surface area contributed by atoms with Crippen LogP contribution in [0.25, 0.3) is 0 Å². The summed E-state index contributed by atoms with van der Waals surface area (Å²) in [5.74, 6) is 0.593. The maximum absolute atomic E-state index is 12.5. The summed E-state index contributed by atoms with van der Waals surface area (Å²) in [6, 6.07) is 1.88. The minimum absolute atomic E-state index is 0.0558. The van der Waals surface area contributed by atoms with Crippen LogP contribution >= 0.6 is 0 Å². The Morgan fingerprint density at radius 1 is 1.53 bits per heavy atom. The number of aromatic nitrogens is 1. The summed E-state index contributed by atoms with van der Waals surface area (Å²) in [4.78, 5) is 16.5. The predicted molar refractivity (Wildman–Crippen MR) is 67.9 cm³/mol. The van der Waals surface area contributed by atoms with Crippen LogP contribution in [0.3, 0.4) is 0 Å². The van der Waals surface area contributed by atoms with Crippen molar-refractivity contribution in [2.24, 2.45) is 11.7 Å². The average Bonchev–Trinajstić information content (AvgIpc) is 2.27. The molecule has 1 aromatic heterocycles. The predicted octanol–water partition coefficient (Wildman–Crippen LogP) is 2.48. The van der Waals surface area contributed by atoms with Crippen molar-refractivity contribution < 1.29 is 4.79 Å². The molecule has 17 heavy (non-hydrogen) atoms. The smallest absolute Gasteiger partial charge is 0.184 e. The molecule has 92 valence electrons. The first-order valence-corrected chi connectivity index (χ1v) is 6.26. The molecule has 1 aliphatic rings. The number of rotatable bonds is 2. The largest absolute Gasteiger partial charge is 0.319 e. The van der Waals surface area contributed by atoms with Crippen molar-refractivity contribution in [3.8, 4) is 0 Å². The minimum atomic E-state index is -0.673. The summed E-state index contributed by atoms with van der Waals surface area (Å²) >= 11 is 0. The third-order valence-corrected chi connectivity index (χ3v) is 3.62. The number of carbonyl (C=O) groups excluding carboxylic acids is 1. The van der Waals surface area contributed by atoms with Crippen LogP contribution in [-0.2, 0) is 0 Å². The molecule has 0 radical (unpaired) electrons. The highest BCUT2D eigenvalue weighted by molar-refractivity contribution is 6.03. The van der Waals surface area contributed by atoms with Crippen molar-refractivity contribution in [1.82, 2.24) is 4.98 Å². The minimum Gasteiger partial charge on any atom is -0.319 e. The maximum atomic E-state index is 12.5. The molecule has 2 N–H and O–H groups in total. The van der Waals surface area contributed by atoms with Gasteiger partial charge in [0.15, 0.2) is 5.78 Å². The van der Waals surface area contributed by atoms with E-state index in [1.165, 1.54) is 6.42 Å². The van der Waals surface area contributed by atoms with Crippen LogP contribution < -0.4 is 5.73 Å². The summed E-state index contributed by atoms with van der Waals surface area (Å²) in [5, 5.41) is 0. The Labute approximate surface area is 102 Å². The Balaban J connectivity index is 2.24. The molecule has 0 aliphatic heterocycles. The number of aryl methyl sites for hydroxylation is 1. The number of hydrogen-bond acceptors (Lipinski definition) is 3. The lowest BCUT2D eigenvalue weighted by Crippen LogP contribution is -2.51. The van der Waals surface area contributed by atoms with E-state index in [0.717, 1.165) is 24.8 Å². The zero-order valence-electron chi connectivity index (χ0n) is 10.6. The summed E-state index contributed by atoms with van der Waals surface area (Å²) < 4.78 is 0. The molecule has 1 saturated carbocycles. The van der Waals surface area contributed by atoms with Gasteiger partial charge in [-0.25, -0.2) is 0 Å². The topological polar surface area (TPSA) is 56.0 Å². The molecule has 1 aliphatic carbocycles. The Bertz CT molecular complexity index is 430. The second kappa shape index (κ2) is 4.57. The van der Waals surface area contributed by atoms with E-state index in [1.807, 2.05) is 13.0 Å². The first-order valence-electron chi connectivity index (χ1n) is 6.26. The van der Waals surface area contributed by atoms with E-state index in [0.29, 0.717) is 11.5 Å². The monoisotopic (exact) mass is 232 g/mol. The van der Waals surface area contributed by atoms with Crippen LogP contribution in [0.1, 0.15) is 48.5 Å². The third kappa shape index (κ3) is 2.55. The number of pyridine rings is 1. The molecule has 0 amide bonds. The molecule has 2 atom stereocenters. The lowest BCUT2D eigenvalue weighted by atomic mass is 9.73. The van der Waals surface area contributed by atoms with Crippen molar-refractivity contribution in [1.29, 1.82) is 0 Å². The van der Waals surface area contributed by atoms with Crippen LogP contribution in [0.2, 0.25) is 0 Å². The van der Waals surface area contributed by atoms with E-state index in [2.05, 4.69) is 11.9 Å². The van der Waals surface area contributed by atoms with E-state index in [9.17, 15) is 4.79 Å². The van der Waals surface area contributed by atoms with Gasteiger partial charge in [0, 0.05) is 18.0 Å². The Morgan fingerprint density at radius 3 is 2.94 bits per heavy atom. The van der Waals surface area contributed by atoms with Crippen molar-refractivity contribution in [2.75, 3.05) is 0 Å². The number of nitrogens with two attached hydrogens (primary N) is 1. The molecule has 1 aromatic rings. The first kappa shape index (κ1) is 12.2. The Hall–Kier alpha value is -1.22. The molecule has 3 nitrogen and oxygen atoms in total.